The fourth-order valence-corrected chi connectivity index (χ4v) is 2.54. The Morgan fingerprint density at radius 2 is 1.95 bits per heavy atom. The van der Waals surface area contributed by atoms with Gasteiger partial charge in [0.2, 0.25) is 5.91 Å². The van der Waals surface area contributed by atoms with Crippen LogP contribution in [0.15, 0.2) is 12.3 Å². The molecule has 1 amide bonds. The molecule has 22 heavy (non-hydrogen) atoms. The van der Waals surface area contributed by atoms with Gasteiger partial charge in [-0.25, -0.2) is 0 Å². The van der Waals surface area contributed by atoms with Crippen molar-refractivity contribution in [2.45, 2.75) is 44.9 Å². The molecule has 124 valence electrons. The number of aromatic nitrogens is 2. The number of nitrogens with zero attached hydrogens (tertiary/aromatic N) is 3. The van der Waals surface area contributed by atoms with E-state index in [1.54, 1.807) is 4.90 Å². The third-order valence-electron chi connectivity index (χ3n) is 4.05. The lowest BCUT2D eigenvalue weighted by Gasteiger charge is -2.34. The first-order chi connectivity index (χ1) is 10.2. The molecule has 2 heterocycles. The van der Waals surface area contributed by atoms with Crippen LogP contribution in [0.1, 0.15) is 38.4 Å². The Balaban J connectivity index is 1.95. The van der Waals surface area contributed by atoms with Gasteiger partial charge in [0.1, 0.15) is 0 Å². The molecule has 2 rings (SSSR count). The van der Waals surface area contributed by atoms with E-state index in [1.165, 1.54) is 10.9 Å². The van der Waals surface area contributed by atoms with Gasteiger partial charge in [0.25, 0.3) is 0 Å². The Kier molecular flexibility index (Phi) is 4.79. The lowest BCUT2D eigenvalue weighted by atomic mass is 10.0. The molecule has 1 aliphatic heterocycles. The highest BCUT2D eigenvalue weighted by molar-refractivity contribution is 5.82. The van der Waals surface area contributed by atoms with Gasteiger partial charge in [-0.05, 0) is 24.8 Å². The van der Waals surface area contributed by atoms with Crippen LogP contribution < -0.4 is 5.73 Å². The molecule has 1 aliphatic rings. The van der Waals surface area contributed by atoms with Gasteiger partial charge in [0.15, 0.2) is 5.69 Å². The number of hydrogen-bond acceptors (Lipinski definition) is 3. The van der Waals surface area contributed by atoms with Crippen molar-refractivity contribution in [3.63, 3.8) is 0 Å². The number of rotatable bonds is 3. The average molecular weight is 318 g/mol. The van der Waals surface area contributed by atoms with Crippen molar-refractivity contribution in [2.75, 3.05) is 13.1 Å². The van der Waals surface area contributed by atoms with Crippen LogP contribution in [0.25, 0.3) is 0 Å². The molecule has 1 aromatic rings. The van der Waals surface area contributed by atoms with Gasteiger partial charge in [-0.2, -0.15) is 18.3 Å². The molecule has 0 spiro atoms. The van der Waals surface area contributed by atoms with E-state index in [1.807, 2.05) is 13.8 Å². The van der Waals surface area contributed by atoms with Crippen LogP contribution in [0.3, 0.4) is 0 Å². The SMILES string of the molecule is CC(C)[C@H](N)C(=O)N1CCC(n2ccc(C(F)(F)F)n2)CC1. The third-order valence-corrected chi connectivity index (χ3v) is 4.05. The normalized spacial score (nSPS) is 18.8. The number of halogens is 3. The Morgan fingerprint density at radius 1 is 1.36 bits per heavy atom. The maximum absolute atomic E-state index is 12.6. The van der Waals surface area contributed by atoms with Gasteiger partial charge < -0.3 is 10.6 Å². The minimum Gasteiger partial charge on any atom is -0.341 e. The van der Waals surface area contributed by atoms with Crippen LogP contribution in [-0.4, -0.2) is 39.7 Å². The predicted octanol–water partition coefficient (Wildman–Crippen LogP) is 2.05. The number of carbonyl (C=O) groups is 1. The molecular weight excluding hydrogens is 297 g/mol. The van der Waals surface area contributed by atoms with Crippen LogP contribution in [0.4, 0.5) is 13.2 Å². The molecule has 0 saturated carbocycles. The average Bonchev–Trinajstić information content (AvgIpc) is 2.95. The van der Waals surface area contributed by atoms with Crippen molar-refractivity contribution in [3.8, 4) is 0 Å². The molecule has 1 aromatic heterocycles. The number of hydrogen-bond donors (Lipinski definition) is 1. The van der Waals surface area contributed by atoms with Crippen LogP contribution in [0.2, 0.25) is 0 Å². The summed E-state index contributed by atoms with van der Waals surface area (Å²) in [6, 6.07) is 0.333. The lowest BCUT2D eigenvalue weighted by molar-refractivity contribution is -0.141. The molecule has 5 nitrogen and oxygen atoms in total. The lowest BCUT2D eigenvalue weighted by Crippen LogP contribution is -2.49. The van der Waals surface area contributed by atoms with E-state index in [-0.39, 0.29) is 17.9 Å². The minimum absolute atomic E-state index is 0.0608. The van der Waals surface area contributed by atoms with Crippen molar-refractivity contribution in [1.82, 2.24) is 14.7 Å². The highest BCUT2D eigenvalue weighted by atomic mass is 19.4. The van der Waals surface area contributed by atoms with E-state index in [9.17, 15) is 18.0 Å². The van der Waals surface area contributed by atoms with Gasteiger partial charge in [-0.15, -0.1) is 0 Å². The summed E-state index contributed by atoms with van der Waals surface area (Å²) < 4.78 is 39.0. The Bertz CT molecular complexity index is 518. The Morgan fingerprint density at radius 3 is 2.41 bits per heavy atom. The molecule has 2 N–H and O–H groups in total. The zero-order chi connectivity index (χ0) is 16.5. The van der Waals surface area contributed by atoms with Crippen LogP contribution in [-0.2, 0) is 11.0 Å². The standard InChI is InChI=1S/C14H21F3N4O/c1-9(2)12(18)13(22)20-6-3-10(4-7-20)21-8-5-11(19-21)14(15,16)17/h5,8-10,12H,3-4,6-7,18H2,1-2H3/t12-/m0/s1. The smallest absolute Gasteiger partial charge is 0.341 e. The van der Waals surface area contributed by atoms with Crippen molar-refractivity contribution >= 4 is 5.91 Å². The number of piperidine rings is 1. The highest BCUT2D eigenvalue weighted by Crippen LogP contribution is 2.29. The summed E-state index contributed by atoms with van der Waals surface area (Å²) >= 11 is 0. The molecule has 1 atom stereocenters. The summed E-state index contributed by atoms with van der Waals surface area (Å²) in [5.41, 5.74) is 4.97. The first kappa shape index (κ1) is 16.8. The number of amides is 1. The van der Waals surface area contributed by atoms with Gasteiger partial charge in [0, 0.05) is 19.3 Å². The van der Waals surface area contributed by atoms with Crippen molar-refractivity contribution in [2.24, 2.45) is 11.7 Å². The molecule has 1 fully saturated rings. The quantitative estimate of drug-likeness (QED) is 0.928. The third kappa shape index (κ3) is 3.60. The van der Waals surface area contributed by atoms with Crippen LogP contribution >= 0.6 is 0 Å². The Hall–Kier alpha value is -1.57. The van der Waals surface area contributed by atoms with Crippen molar-refractivity contribution < 1.29 is 18.0 Å². The molecule has 0 radical (unpaired) electrons. The first-order valence-corrected chi connectivity index (χ1v) is 7.37. The van der Waals surface area contributed by atoms with Gasteiger partial charge in [-0.1, -0.05) is 13.8 Å². The first-order valence-electron chi connectivity index (χ1n) is 7.37. The monoisotopic (exact) mass is 318 g/mol. The maximum Gasteiger partial charge on any atom is 0.435 e. The van der Waals surface area contributed by atoms with E-state index in [0.29, 0.717) is 25.9 Å². The van der Waals surface area contributed by atoms with Crippen molar-refractivity contribution in [3.05, 3.63) is 18.0 Å². The number of likely N-dealkylation sites (tertiary alicyclic amines) is 1. The van der Waals surface area contributed by atoms with E-state index >= 15 is 0 Å². The summed E-state index contributed by atoms with van der Waals surface area (Å²) in [6.07, 6.45) is -1.91. The summed E-state index contributed by atoms with van der Waals surface area (Å²) in [5, 5.41) is 3.60. The summed E-state index contributed by atoms with van der Waals surface area (Å²) in [6.45, 7) is 4.76. The predicted molar refractivity (Wildman–Crippen MR) is 74.9 cm³/mol. The largest absolute Gasteiger partial charge is 0.435 e. The van der Waals surface area contributed by atoms with Crippen LogP contribution in [0.5, 0.6) is 0 Å². The number of alkyl halides is 3. The molecule has 1 saturated heterocycles. The Labute approximate surface area is 127 Å². The van der Waals surface area contributed by atoms with Crippen LogP contribution in [0, 0.1) is 5.92 Å². The molecular formula is C14H21F3N4O. The van der Waals surface area contributed by atoms with Gasteiger partial charge in [0.05, 0.1) is 12.1 Å². The zero-order valence-electron chi connectivity index (χ0n) is 12.7. The molecule has 0 aliphatic carbocycles. The second-order valence-electron chi connectivity index (χ2n) is 6.01. The van der Waals surface area contributed by atoms with Gasteiger partial charge in [-0.3, -0.25) is 9.48 Å². The van der Waals surface area contributed by atoms with E-state index in [2.05, 4.69) is 5.10 Å². The summed E-state index contributed by atoms with van der Waals surface area (Å²) in [7, 11) is 0. The molecule has 8 heteroatoms. The van der Waals surface area contributed by atoms with Gasteiger partial charge >= 0.3 is 6.18 Å². The number of nitrogens with two attached hydrogens (primary N) is 1. The topological polar surface area (TPSA) is 64.2 Å². The maximum atomic E-state index is 12.6. The van der Waals surface area contributed by atoms with E-state index in [0.717, 1.165) is 6.07 Å². The summed E-state index contributed by atoms with van der Waals surface area (Å²) in [4.78, 5) is 13.8. The molecule has 0 aromatic carbocycles. The minimum atomic E-state index is -4.42. The van der Waals surface area contributed by atoms with E-state index < -0.39 is 17.9 Å². The van der Waals surface area contributed by atoms with Crippen molar-refractivity contribution in [1.29, 1.82) is 0 Å². The second-order valence-corrected chi connectivity index (χ2v) is 6.01. The fourth-order valence-electron chi connectivity index (χ4n) is 2.54. The molecule has 0 unspecified atom stereocenters. The van der Waals surface area contributed by atoms with E-state index in [4.69, 9.17) is 5.73 Å². The number of carbonyl (C=O) groups excluding carboxylic acids is 1. The zero-order valence-corrected chi connectivity index (χ0v) is 12.7. The summed E-state index contributed by atoms with van der Waals surface area (Å²) in [5.74, 6) is -0.0319. The fraction of sp³-hybridized carbons (Fsp3) is 0.714. The molecule has 0 bridgehead atoms. The highest BCUT2D eigenvalue weighted by Gasteiger charge is 2.35. The second kappa shape index (κ2) is 6.28.